The maximum absolute atomic E-state index is 12.2. The third-order valence-electron chi connectivity index (χ3n) is 3.01. The molecule has 1 amide bonds. The largest absolute Gasteiger partial charge is 0.497 e. The van der Waals surface area contributed by atoms with Crippen molar-refractivity contribution in [2.24, 2.45) is 0 Å². The molecule has 114 valence electrons. The summed E-state index contributed by atoms with van der Waals surface area (Å²) in [7, 11) is 2.90. The Balaban J connectivity index is 2.32. The Kier molecular flexibility index (Phi) is 4.57. The van der Waals surface area contributed by atoms with Crippen LogP contribution in [0.15, 0.2) is 42.5 Å². The highest BCUT2D eigenvalue weighted by molar-refractivity contribution is 6.06. The zero-order valence-electron chi connectivity index (χ0n) is 12.0. The van der Waals surface area contributed by atoms with Crippen LogP contribution in [0.2, 0.25) is 0 Å². The normalized spacial score (nSPS) is 9.91. The van der Waals surface area contributed by atoms with Crippen LogP contribution >= 0.6 is 0 Å². The Morgan fingerprint density at radius 3 is 2.32 bits per heavy atom. The fourth-order valence-corrected chi connectivity index (χ4v) is 1.90. The van der Waals surface area contributed by atoms with Crippen molar-refractivity contribution in [1.29, 1.82) is 0 Å². The second-order valence-electron chi connectivity index (χ2n) is 4.29. The van der Waals surface area contributed by atoms with E-state index in [2.05, 4.69) is 5.32 Å². The maximum Gasteiger partial charge on any atom is 0.296 e. The van der Waals surface area contributed by atoms with E-state index in [1.54, 1.807) is 24.3 Å². The lowest BCUT2D eigenvalue weighted by molar-refractivity contribution is -0.384. The van der Waals surface area contributed by atoms with Gasteiger partial charge >= 0.3 is 0 Å². The lowest BCUT2D eigenvalue weighted by atomic mass is 10.2. The average Bonchev–Trinajstić information content (AvgIpc) is 2.54. The molecule has 1 N–H and O–H groups in total. The standard InChI is InChI=1S/C15H14N2O5/c1-21-11-8-6-10(7-9-11)15(18)16-14-12(17(19)20)4-3-5-13(14)22-2/h3-9H,1-2H3,(H,16,18). The third-order valence-corrected chi connectivity index (χ3v) is 3.01. The summed E-state index contributed by atoms with van der Waals surface area (Å²) in [5, 5.41) is 13.6. The van der Waals surface area contributed by atoms with Crippen molar-refractivity contribution in [2.75, 3.05) is 19.5 Å². The fourth-order valence-electron chi connectivity index (χ4n) is 1.90. The van der Waals surface area contributed by atoms with Crippen LogP contribution in [0.5, 0.6) is 11.5 Å². The smallest absolute Gasteiger partial charge is 0.296 e. The summed E-state index contributed by atoms with van der Waals surface area (Å²) in [4.78, 5) is 22.7. The Morgan fingerprint density at radius 1 is 1.09 bits per heavy atom. The summed E-state index contributed by atoms with van der Waals surface area (Å²) in [6, 6.07) is 10.7. The molecule has 0 spiro atoms. The number of para-hydroxylation sites is 1. The van der Waals surface area contributed by atoms with Gasteiger partial charge in [0, 0.05) is 11.6 Å². The number of nitrogens with zero attached hydrogens (tertiary/aromatic N) is 1. The molecule has 0 aromatic heterocycles. The predicted octanol–water partition coefficient (Wildman–Crippen LogP) is 2.86. The van der Waals surface area contributed by atoms with Gasteiger partial charge in [0.15, 0.2) is 5.69 Å². The van der Waals surface area contributed by atoms with Crippen molar-refractivity contribution < 1.29 is 19.2 Å². The van der Waals surface area contributed by atoms with Crippen molar-refractivity contribution >= 4 is 17.3 Å². The molecule has 0 atom stereocenters. The SMILES string of the molecule is COc1ccc(C(=O)Nc2c(OC)cccc2[N+](=O)[O-])cc1. The number of hydrogen-bond donors (Lipinski definition) is 1. The van der Waals surface area contributed by atoms with Crippen LogP contribution < -0.4 is 14.8 Å². The number of nitro benzene ring substituents is 1. The first-order valence-electron chi connectivity index (χ1n) is 6.33. The molecular formula is C15H14N2O5. The van der Waals surface area contributed by atoms with Gasteiger partial charge in [-0.1, -0.05) is 6.07 Å². The number of nitrogens with one attached hydrogen (secondary N) is 1. The highest BCUT2D eigenvalue weighted by Gasteiger charge is 2.20. The monoisotopic (exact) mass is 302 g/mol. The molecule has 2 aromatic carbocycles. The number of carbonyl (C=O) groups is 1. The summed E-state index contributed by atoms with van der Waals surface area (Å²) in [5.74, 6) is 0.353. The number of benzene rings is 2. The van der Waals surface area contributed by atoms with Gasteiger partial charge in [-0.25, -0.2) is 0 Å². The number of hydrogen-bond acceptors (Lipinski definition) is 5. The van der Waals surface area contributed by atoms with Gasteiger partial charge < -0.3 is 14.8 Å². The molecule has 0 aliphatic heterocycles. The molecule has 7 heteroatoms. The van der Waals surface area contributed by atoms with Gasteiger partial charge in [0.1, 0.15) is 11.5 Å². The first-order chi connectivity index (χ1) is 10.6. The van der Waals surface area contributed by atoms with Crippen molar-refractivity contribution in [3.8, 4) is 11.5 Å². The highest BCUT2D eigenvalue weighted by Crippen LogP contribution is 2.34. The van der Waals surface area contributed by atoms with Gasteiger partial charge in [-0.3, -0.25) is 14.9 Å². The van der Waals surface area contributed by atoms with Crippen LogP contribution in [0.3, 0.4) is 0 Å². The van der Waals surface area contributed by atoms with Gasteiger partial charge in [-0.05, 0) is 30.3 Å². The van der Waals surface area contributed by atoms with E-state index in [0.29, 0.717) is 11.3 Å². The number of nitro groups is 1. The zero-order chi connectivity index (χ0) is 16.1. The number of carbonyl (C=O) groups excluding carboxylic acids is 1. The number of rotatable bonds is 5. The van der Waals surface area contributed by atoms with E-state index < -0.39 is 10.8 Å². The molecule has 0 aliphatic rings. The van der Waals surface area contributed by atoms with Gasteiger partial charge in [0.05, 0.1) is 19.1 Å². The summed E-state index contributed by atoms with van der Waals surface area (Å²) in [5.41, 5.74) is 0.137. The maximum atomic E-state index is 12.2. The number of methoxy groups -OCH3 is 2. The topological polar surface area (TPSA) is 90.7 Å². The Bertz CT molecular complexity index is 698. The minimum atomic E-state index is -0.577. The molecule has 7 nitrogen and oxygen atoms in total. The van der Waals surface area contributed by atoms with Crippen LogP contribution in [0.25, 0.3) is 0 Å². The van der Waals surface area contributed by atoms with Crippen LogP contribution in [0, 0.1) is 10.1 Å². The average molecular weight is 302 g/mol. The van der Waals surface area contributed by atoms with Gasteiger partial charge in [0.25, 0.3) is 11.6 Å². The summed E-state index contributed by atoms with van der Waals surface area (Å²) in [6.45, 7) is 0. The predicted molar refractivity (Wildman–Crippen MR) is 80.6 cm³/mol. The minimum Gasteiger partial charge on any atom is -0.497 e. The van der Waals surface area contributed by atoms with E-state index in [9.17, 15) is 14.9 Å². The van der Waals surface area contributed by atoms with Crippen molar-refractivity contribution in [3.63, 3.8) is 0 Å². The number of ether oxygens (including phenoxy) is 2. The lowest BCUT2D eigenvalue weighted by Gasteiger charge is -2.10. The van der Waals surface area contributed by atoms with E-state index in [1.807, 2.05) is 0 Å². The second kappa shape index (κ2) is 6.57. The van der Waals surface area contributed by atoms with E-state index in [1.165, 1.54) is 32.4 Å². The van der Waals surface area contributed by atoms with Crippen molar-refractivity contribution in [2.45, 2.75) is 0 Å². The number of amides is 1. The van der Waals surface area contributed by atoms with Gasteiger partial charge in [0.2, 0.25) is 0 Å². The third kappa shape index (κ3) is 3.14. The molecule has 2 rings (SSSR count). The summed E-state index contributed by atoms with van der Waals surface area (Å²) in [6.07, 6.45) is 0. The molecule has 0 saturated carbocycles. The van der Waals surface area contributed by atoms with E-state index >= 15 is 0 Å². The number of anilines is 1. The zero-order valence-corrected chi connectivity index (χ0v) is 12.0. The molecule has 0 aliphatic carbocycles. The quantitative estimate of drug-likeness (QED) is 0.677. The molecule has 2 aromatic rings. The van der Waals surface area contributed by atoms with Crippen LogP contribution in [0.1, 0.15) is 10.4 Å². The Labute approximate surface area is 126 Å². The molecule has 0 unspecified atom stereocenters. The lowest BCUT2D eigenvalue weighted by Crippen LogP contribution is -2.14. The first kappa shape index (κ1) is 15.3. The van der Waals surface area contributed by atoms with E-state index in [-0.39, 0.29) is 17.1 Å². The van der Waals surface area contributed by atoms with E-state index in [4.69, 9.17) is 9.47 Å². The first-order valence-corrected chi connectivity index (χ1v) is 6.33. The summed E-state index contributed by atoms with van der Waals surface area (Å²) >= 11 is 0. The van der Waals surface area contributed by atoms with Crippen molar-refractivity contribution in [1.82, 2.24) is 0 Å². The minimum absolute atomic E-state index is 0.0239. The van der Waals surface area contributed by atoms with Crippen LogP contribution in [-0.2, 0) is 0 Å². The molecule has 22 heavy (non-hydrogen) atoms. The second-order valence-corrected chi connectivity index (χ2v) is 4.29. The summed E-state index contributed by atoms with van der Waals surface area (Å²) < 4.78 is 10.1. The van der Waals surface area contributed by atoms with Crippen molar-refractivity contribution in [3.05, 3.63) is 58.1 Å². The molecule has 0 bridgehead atoms. The van der Waals surface area contributed by atoms with E-state index in [0.717, 1.165) is 0 Å². The molecule has 0 saturated heterocycles. The molecule has 0 heterocycles. The molecule has 0 radical (unpaired) electrons. The Morgan fingerprint density at radius 2 is 1.77 bits per heavy atom. The molecule has 0 fully saturated rings. The van der Waals surface area contributed by atoms with Gasteiger partial charge in [-0.2, -0.15) is 0 Å². The van der Waals surface area contributed by atoms with Crippen LogP contribution in [-0.4, -0.2) is 25.1 Å². The van der Waals surface area contributed by atoms with Crippen LogP contribution in [0.4, 0.5) is 11.4 Å². The van der Waals surface area contributed by atoms with Gasteiger partial charge in [-0.15, -0.1) is 0 Å². The fraction of sp³-hybridized carbons (Fsp3) is 0.133. The molecular weight excluding hydrogens is 288 g/mol. The Hall–Kier alpha value is -3.09. The highest BCUT2D eigenvalue weighted by atomic mass is 16.6.